The molecule has 3 aromatic rings. The van der Waals surface area contributed by atoms with Crippen LogP contribution in [0.5, 0.6) is 0 Å². The van der Waals surface area contributed by atoms with Crippen molar-refractivity contribution in [1.82, 2.24) is 4.98 Å². The number of aryl methyl sites for hydroxylation is 1. The highest BCUT2D eigenvalue weighted by Gasteiger charge is 2.14. The van der Waals surface area contributed by atoms with Gasteiger partial charge >= 0.3 is 0 Å². The summed E-state index contributed by atoms with van der Waals surface area (Å²) in [5.74, 6) is -0.222. The van der Waals surface area contributed by atoms with Gasteiger partial charge in [-0.3, -0.25) is 9.52 Å². The summed E-state index contributed by atoms with van der Waals surface area (Å²) in [4.78, 5) is 16.2. The number of nitrogens with one attached hydrogen (secondary N) is 2. The van der Waals surface area contributed by atoms with Crippen LogP contribution >= 0.6 is 0 Å². The van der Waals surface area contributed by atoms with Crippen molar-refractivity contribution in [2.24, 2.45) is 0 Å². The van der Waals surface area contributed by atoms with Crippen LogP contribution in [0.3, 0.4) is 0 Å². The Labute approximate surface area is 162 Å². The Hall–Kier alpha value is -3.26. The van der Waals surface area contributed by atoms with Crippen molar-refractivity contribution >= 4 is 27.4 Å². The van der Waals surface area contributed by atoms with Crippen molar-refractivity contribution in [3.05, 3.63) is 83.8 Å². The van der Waals surface area contributed by atoms with Crippen molar-refractivity contribution in [3.8, 4) is 0 Å². The van der Waals surface area contributed by atoms with E-state index in [0.29, 0.717) is 11.5 Å². The van der Waals surface area contributed by atoms with Crippen molar-refractivity contribution in [3.63, 3.8) is 0 Å². The second-order valence-electron chi connectivity index (χ2n) is 6.15. The van der Waals surface area contributed by atoms with Crippen LogP contribution < -0.4 is 10.0 Å². The molecular formula is C20H18FN3O3S. The number of hydrogen-bond donors (Lipinski definition) is 2. The van der Waals surface area contributed by atoms with E-state index >= 15 is 0 Å². The second-order valence-corrected chi connectivity index (χ2v) is 7.83. The summed E-state index contributed by atoms with van der Waals surface area (Å²) < 4.78 is 40.0. The summed E-state index contributed by atoms with van der Waals surface area (Å²) in [5, 5.41) is 2.75. The van der Waals surface area contributed by atoms with E-state index in [9.17, 15) is 17.6 Å². The molecule has 1 amide bonds. The zero-order chi connectivity index (χ0) is 20.1. The largest absolute Gasteiger partial charge is 0.310 e. The molecule has 0 unspecified atom stereocenters. The zero-order valence-electron chi connectivity index (χ0n) is 15.0. The lowest BCUT2D eigenvalue weighted by atomic mass is 10.1. The first-order valence-electron chi connectivity index (χ1n) is 8.42. The number of carbonyl (C=O) groups excluding carboxylic acids is 1. The first-order valence-corrected chi connectivity index (χ1v) is 9.90. The molecular weight excluding hydrogens is 381 g/mol. The quantitative estimate of drug-likeness (QED) is 0.664. The third-order valence-corrected chi connectivity index (χ3v) is 5.36. The van der Waals surface area contributed by atoms with Crippen molar-refractivity contribution in [1.29, 1.82) is 0 Å². The lowest BCUT2D eigenvalue weighted by molar-refractivity contribution is -0.115. The standard InChI is InChI=1S/C20H18FN3O3S/c1-14-3-2-12-22-20(14)23-19(25)13-15-4-8-17(9-5-15)24-28(26,27)18-10-6-16(21)7-11-18/h2-12,24H,13H2,1H3,(H,22,23,25). The van der Waals surface area contributed by atoms with E-state index < -0.39 is 15.8 Å². The van der Waals surface area contributed by atoms with E-state index in [1.807, 2.05) is 13.0 Å². The van der Waals surface area contributed by atoms with Crippen molar-refractivity contribution < 1.29 is 17.6 Å². The summed E-state index contributed by atoms with van der Waals surface area (Å²) in [6.45, 7) is 1.85. The summed E-state index contributed by atoms with van der Waals surface area (Å²) >= 11 is 0. The molecule has 1 heterocycles. The third kappa shape index (κ3) is 4.92. The number of benzene rings is 2. The Kier molecular flexibility index (Phi) is 5.70. The normalized spacial score (nSPS) is 11.1. The van der Waals surface area contributed by atoms with Crippen LogP contribution in [0.1, 0.15) is 11.1 Å². The van der Waals surface area contributed by atoms with Crippen LogP contribution in [0.4, 0.5) is 15.9 Å². The molecule has 144 valence electrons. The third-order valence-electron chi connectivity index (χ3n) is 3.96. The molecule has 0 aliphatic carbocycles. The number of nitrogens with zero attached hydrogens (tertiary/aromatic N) is 1. The number of carbonyl (C=O) groups is 1. The molecule has 6 nitrogen and oxygen atoms in total. The minimum absolute atomic E-state index is 0.0388. The highest BCUT2D eigenvalue weighted by molar-refractivity contribution is 7.92. The van der Waals surface area contributed by atoms with E-state index in [-0.39, 0.29) is 17.2 Å². The number of halogens is 1. The van der Waals surface area contributed by atoms with Gasteiger partial charge in [-0.25, -0.2) is 17.8 Å². The smallest absolute Gasteiger partial charge is 0.261 e. The minimum Gasteiger partial charge on any atom is -0.310 e. The lowest BCUT2D eigenvalue weighted by Crippen LogP contribution is -2.16. The summed E-state index contributed by atoms with van der Waals surface area (Å²) in [6.07, 6.45) is 1.73. The van der Waals surface area contributed by atoms with Gasteiger partial charge in [0.1, 0.15) is 11.6 Å². The highest BCUT2D eigenvalue weighted by atomic mass is 32.2. The fourth-order valence-corrected chi connectivity index (χ4v) is 3.56. The minimum atomic E-state index is -3.82. The molecule has 28 heavy (non-hydrogen) atoms. The van der Waals surface area contributed by atoms with Crippen LogP contribution in [0.15, 0.2) is 71.8 Å². The van der Waals surface area contributed by atoms with Gasteiger partial charge in [-0.2, -0.15) is 0 Å². The Bertz CT molecular complexity index is 1080. The molecule has 1 aromatic heterocycles. The van der Waals surface area contributed by atoms with Crippen LogP contribution in [0.25, 0.3) is 0 Å². The van der Waals surface area contributed by atoms with Crippen LogP contribution in [-0.4, -0.2) is 19.3 Å². The number of rotatable bonds is 6. The molecule has 2 aromatic carbocycles. The molecule has 0 atom stereocenters. The van der Waals surface area contributed by atoms with E-state index in [0.717, 1.165) is 23.3 Å². The molecule has 0 fully saturated rings. The maximum absolute atomic E-state index is 13.0. The van der Waals surface area contributed by atoms with Crippen molar-refractivity contribution in [2.45, 2.75) is 18.2 Å². The van der Waals surface area contributed by atoms with Gasteiger partial charge in [0.2, 0.25) is 5.91 Å². The number of anilines is 2. The average Bonchev–Trinajstić information content (AvgIpc) is 2.65. The summed E-state index contributed by atoms with van der Waals surface area (Å²) in [7, 11) is -3.82. The lowest BCUT2D eigenvalue weighted by Gasteiger charge is -2.10. The van der Waals surface area contributed by atoms with Crippen molar-refractivity contribution in [2.75, 3.05) is 10.0 Å². The predicted molar refractivity (Wildman–Crippen MR) is 105 cm³/mol. The monoisotopic (exact) mass is 399 g/mol. The van der Waals surface area contributed by atoms with Gasteiger partial charge in [0.05, 0.1) is 11.3 Å². The number of pyridine rings is 1. The Morgan fingerprint density at radius 1 is 1.04 bits per heavy atom. The van der Waals surface area contributed by atoms with Crippen LogP contribution in [0.2, 0.25) is 0 Å². The summed E-state index contributed by atoms with van der Waals surface area (Å²) in [6, 6.07) is 14.6. The van der Waals surface area contributed by atoms with Gasteiger partial charge in [-0.15, -0.1) is 0 Å². The van der Waals surface area contributed by atoms with E-state index in [1.165, 1.54) is 12.1 Å². The van der Waals surface area contributed by atoms with Gasteiger partial charge in [-0.1, -0.05) is 18.2 Å². The molecule has 0 aliphatic heterocycles. The van der Waals surface area contributed by atoms with Crippen LogP contribution in [-0.2, 0) is 21.2 Å². The number of aromatic nitrogens is 1. The molecule has 0 radical (unpaired) electrons. The average molecular weight is 399 g/mol. The first-order chi connectivity index (χ1) is 13.3. The molecule has 0 aliphatic rings. The predicted octanol–water partition coefficient (Wildman–Crippen LogP) is 3.51. The maximum atomic E-state index is 13.0. The van der Waals surface area contributed by atoms with Gasteiger partial charge < -0.3 is 5.32 Å². The SMILES string of the molecule is Cc1cccnc1NC(=O)Cc1ccc(NS(=O)(=O)c2ccc(F)cc2)cc1. The van der Waals surface area contributed by atoms with E-state index in [4.69, 9.17) is 0 Å². The number of sulfonamides is 1. The molecule has 2 N–H and O–H groups in total. The second kappa shape index (κ2) is 8.18. The fourth-order valence-electron chi connectivity index (χ4n) is 2.50. The van der Waals surface area contributed by atoms with E-state index in [1.54, 1.807) is 36.5 Å². The maximum Gasteiger partial charge on any atom is 0.261 e. The zero-order valence-corrected chi connectivity index (χ0v) is 15.8. The number of amides is 1. The summed E-state index contributed by atoms with van der Waals surface area (Å²) in [5.41, 5.74) is 1.92. The van der Waals surface area contributed by atoms with Gasteiger partial charge in [0.25, 0.3) is 10.0 Å². The fraction of sp³-hybridized carbons (Fsp3) is 0.100. The Morgan fingerprint density at radius 2 is 1.71 bits per heavy atom. The Balaban J connectivity index is 1.64. The first kappa shape index (κ1) is 19.5. The van der Waals surface area contributed by atoms with E-state index in [2.05, 4.69) is 15.0 Å². The Morgan fingerprint density at radius 3 is 2.36 bits per heavy atom. The van der Waals surface area contributed by atoms with Gasteiger partial charge in [-0.05, 0) is 60.5 Å². The van der Waals surface area contributed by atoms with Crippen LogP contribution in [0, 0.1) is 12.7 Å². The molecule has 0 spiro atoms. The molecule has 0 saturated heterocycles. The molecule has 3 rings (SSSR count). The molecule has 0 saturated carbocycles. The number of hydrogen-bond acceptors (Lipinski definition) is 4. The van der Waals surface area contributed by atoms with Gasteiger partial charge in [0, 0.05) is 11.9 Å². The molecule has 8 heteroatoms. The highest BCUT2D eigenvalue weighted by Crippen LogP contribution is 2.18. The van der Waals surface area contributed by atoms with Gasteiger partial charge in [0.15, 0.2) is 0 Å². The topological polar surface area (TPSA) is 88.2 Å². The molecule has 0 bridgehead atoms.